The minimum absolute atomic E-state index is 0.456. The first-order valence-corrected chi connectivity index (χ1v) is 9.33. The Labute approximate surface area is 128 Å². The third-order valence-corrected chi connectivity index (χ3v) is 4.90. The van der Waals surface area contributed by atoms with E-state index in [-0.39, 0.29) is 0 Å². The van der Waals surface area contributed by atoms with Gasteiger partial charge in [-0.05, 0) is 45.1 Å². The van der Waals surface area contributed by atoms with Crippen molar-refractivity contribution in [3.63, 3.8) is 0 Å². The number of rotatable bonds is 6. The fraction of sp³-hybridized carbons (Fsp3) is 0.625. The summed E-state index contributed by atoms with van der Waals surface area (Å²) in [5.41, 5.74) is 2.25. The van der Waals surface area contributed by atoms with Gasteiger partial charge < -0.3 is 5.32 Å². The van der Waals surface area contributed by atoms with Gasteiger partial charge in [-0.2, -0.15) is 0 Å². The van der Waals surface area contributed by atoms with Crippen molar-refractivity contribution in [1.29, 1.82) is 0 Å². The van der Waals surface area contributed by atoms with E-state index in [0.717, 1.165) is 12.8 Å². The van der Waals surface area contributed by atoms with Crippen LogP contribution in [0.25, 0.3) is 0 Å². The van der Waals surface area contributed by atoms with E-state index in [2.05, 4.69) is 41.2 Å². The molecule has 0 saturated heterocycles. The molecule has 2 N–H and O–H groups in total. The van der Waals surface area contributed by atoms with Crippen LogP contribution in [-0.4, -0.2) is 32.8 Å². The second-order valence-electron chi connectivity index (χ2n) is 6.91. The summed E-state index contributed by atoms with van der Waals surface area (Å²) in [5, 5.41) is 3.47. The maximum atomic E-state index is 11.3. The van der Waals surface area contributed by atoms with Gasteiger partial charge in [0.1, 0.15) is 0 Å². The first-order valence-electron chi connectivity index (χ1n) is 7.43. The van der Waals surface area contributed by atoms with E-state index >= 15 is 0 Å². The van der Waals surface area contributed by atoms with Gasteiger partial charge in [0.05, 0.1) is 6.26 Å². The molecule has 1 aromatic rings. The zero-order chi connectivity index (χ0) is 15.7. The molecule has 4 nitrogen and oxygen atoms in total. The van der Waals surface area contributed by atoms with E-state index in [9.17, 15) is 8.42 Å². The van der Waals surface area contributed by atoms with Gasteiger partial charge in [-0.1, -0.05) is 29.8 Å². The molecule has 0 heterocycles. The first-order chi connectivity index (χ1) is 9.65. The Morgan fingerprint density at radius 3 is 2.29 bits per heavy atom. The maximum Gasteiger partial charge on any atom is 0.209 e. The minimum Gasteiger partial charge on any atom is -0.312 e. The number of aryl methyl sites for hydroxylation is 1. The van der Waals surface area contributed by atoms with Gasteiger partial charge in [-0.3, -0.25) is 0 Å². The molecule has 1 aliphatic rings. The van der Waals surface area contributed by atoms with Crippen LogP contribution in [-0.2, 0) is 10.0 Å². The van der Waals surface area contributed by atoms with Crippen LogP contribution in [0.4, 0.5) is 0 Å². The van der Waals surface area contributed by atoms with E-state index in [4.69, 9.17) is 0 Å². The molecule has 1 saturated carbocycles. The Kier molecular flexibility index (Phi) is 4.76. The number of nitrogens with one attached hydrogen (secondary N) is 2. The second-order valence-corrected chi connectivity index (χ2v) is 8.66. The van der Waals surface area contributed by atoms with Crippen LogP contribution in [0.3, 0.4) is 0 Å². The molecule has 0 unspecified atom stereocenters. The monoisotopic (exact) mass is 310 g/mol. The Hall–Kier alpha value is -0.910. The van der Waals surface area contributed by atoms with Crippen LogP contribution < -0.4 is 10.0 Å². The maximum absolute atomic E-state index is 11.3. The Balaban J connectivity index is 1.77. The third-order valence-electron chi connectivity index (χ3n) is 3.98. The smallest absolute Gasteiger partial charge is 0.209 e. The van der Waals surface area contributed by atoms with E-state index in [0.29, 0.717) is 18.5 Å². The number of hydrogen-bond acceptors (Lipinski definition) is 3. The Morgan fingerprint density at radius 1 is 1.19 bits per heavy atom. The molecule has 0 atom stereocenters. The van der Waals surface area contributed by atoms with Gasteiger partial charge in [0.15, 0.2) is 0 Å². The fourth-order valence-corrected chi connectivity index (χ4v) is 3.91. The zero-order valence-corrected chi connectivity index (χ0v) is 14.1. The predicted octanol–water partition coefficient (Wildman–Crippen LogP) is 2.16. The standard InChI is InChI=1S/C16H26N2O2S/c1-12-5-7-13(8-6-12)14-9-15(10-14)17-11-16(2,3)18-21(4,19)20/h5-8,14-15,17-18H,9-11H2,1-4H3. The molecule has 0 bridgehead atoms. The lowest BCUT2D eigenvalue weighted by Gasteiger charge is -2.38. The summed E-state index contributed by atoms with van der Waals surface area (Å²) in [7, 11) is -3.17. The van der Waals surface area contributed by atoms with Crippen molar-refractivity contribution in [3.05, 3.63) is 35.4 Å². The van der Waals surface area contributed by atoms with Gasteiger partial charge >= 0.3 is 0 Å². The van der Waals surface area contributed by atoms with E-state index in [1.165, 1.54) is 17.4 Å². The zero-order valence-electron chi connectivity index (χ0n) is 13.3. The molecule has 2 rings (SSSR count). The third kappa shape index (κ3) is 5.09. The summed E-state index contributed by atoms with van der Waals surface area (Å²) in [6.45, 7) is 6.55. The van der Waals surface area contributed by atoms with Crippen molar-refractivity contribution in [1.82, 2.24) is 10.0 Å². The largest absolute Gasteiger partial charge is 0.312 e. The van der Waals surface area contributed by atoms with Crippen LogP contribution in [0.15, 0.2) is 24.3 Å². The summed E-state index contributed by atoms with van der Waals surface area (Å²) in [4.78, 5) is 0. The molecule has 21 heavy (non-hydrogen) atoms. The molecule has 0 spiro atoms. The summed E-state index contributed by atoms with van der Waals surface area (Å²) in [6, 6.07) is 9.23. The molecule has 0 aliphatic heterocycles. The van der Waals surface area contributed by atoms with Crippen molar-refractivity contribution in [2.45, 2.75) is 51.1 Å². The molecule has 0 amide bonds. The number of benzene rings is 1. The van der Waals surface area contributed by atoms with Crippen molar-refractivity contribution in [2.75, 3.05) is 12.8 Å². The number of sulfonamides is 1. The van der Waals surface area contributed by atoms with Crippen LogP contribution in [0.2, 0.25) is 0 Å². The number of hydrogen-bond donors (Lipinski definition) is 2. The quantitative estimate of drug-likeness (QED) is 0.846. The lowest BCUT2D eigenvalue weighted by molar-refractivity contribution is 0.268. The minimum atomic E-state index is -3.17. The highest BCUT2D eigenvalue weighted by molar-refractivity contribution is 7.88. The topological polar surface area (TPSA) is 58.2 Å². The van der Waals surface area contributed by atoms with E-state index in [1.807, 2.05) is 13.8 Å². The molecule has 5 heteroatoms. The molecule has 1 aromatic carbocycles. The summed E-state index contributed by atoms with van der Waals surface area (Å²) >= 11 is 0. The summed E-state index contributed by atoms with van der Waals surface area (Å²) in [5.74, 6) is 0.633. The Bertz CT molecular complexity index is 573. The van der Waals surface area contributed by atoms with Gasteiger partial charge in [-0.15, -0.1) is 0 Å². The lowest BCUT2D eigenvalue weighted by Crippen LogP contribution is -2.53. The molecular formula is C16H26N2O2S. The second kappa shape index (κ2) is 6.07. The SMILES string of the molecule is Cc1ccc(C2CC(NCC(C)(C)NS(C)(=O)=O)C2)cc1. The first kappa shape index (κ1) is 16.5. The molecule has 0 radical (unpaired) electrons. The average Bonchev–Trinajstić information content (AvgIpc) is 2.26. The molecule has 0 aromatic heterocycles. The lowest BCUT2D eigenvalue weighted by atomic mass is 9.75. The highest BCUT2D eigenvalue weighted by atomic mass is 32.2. The summed E-state index contributed by atoms with van der Waals surface area (Å²) in [6.07, 6.45) is 3.45. The van der Waals surface area contributed by atoms with Crippen molar-refractivity contribution < 1.29 is 8.42 Å². The van der Waals surface area contributed by atoms with Gasteiger partial charge in [0.25, 0.3) is 0 Å². The molecule has 1 fully saturated rings. The molecule has 118 valence electrons. The van der Waals surface area contributed by atoms with Crippen LogP contribution >= 0.6 is 0 Å². The van der Waals surface area contributed by atoms with Crippen molar-refractivity contribution >= 4 is 10.0 Å². The van der Waals surface area contributed by atoms with Crippen molar-refractivity contribution in [3.8, 4) is 0 Å². The Morgan fingerprint density at radius 2 is 1.76 bits per heavy atom. The normalized spacial score (nSPS) is 22.9. The summed E-state index contributed by atoms with van der Waals surface area (Å²) < 4.78 is 25.3. The highest BCUT2D eigenvalue weighted by Crippen LogP contribution is 2.36. The van der Waals surface area contributed by atoms with Gasteiger partial charge in [0.2, 0.25) is 10.0 Å². The van der Waals surface area contributed by atoms with Crippen molar-refractivity contribution in [2.24, 2.45) is 0 Å². The van der Waals surface area contributed by atoms with Gasteiger partial charge in [-0.25, -0.2) is 13.1 Å². The van der Waals surface area contributed by atoms with Crippen LogP contribution in [0, 0.1) is 6.92 Å². The highest BCUT2D eigenvalue weighted by Gasteiger charge is 2.31. The van der Waals surface area contributed by atoms with Crippen LogP contribution in [0.1, 0.15) is 43.7 Å². The van der Waals surface area contributed by atoms with E-state index in [1.54, 1.807) is 0 Å². The van der Waals surface area contributed by atoms with Gasteiger partial charge in [0, 0.05) is 18.1 Å². The molecular weight excluding hydrogens is 284 g/mol. The average molecular weight is 310 g/mol. The van der Waals surface area contributed by atoms with Crippen LogP contribution in [0.5, 0.6) is 0 Å². The van der Waals surface area contributed by atoms with E-state index < -0.39 is 15.6 Å². The molecule has 1 aliphatic carbocycles. The predicted molar refractivity (Wildman–Crippen MR) is 87.0 cm³/mol. The fourth-order valence-electron chi connectivity index (χ4n) is 2.83.